The van der Waals surface area contributed by atoms with E-state index >= 15 is 0 Å². The Labute approximate surface area is 169 Å². The highest BCUT2D eigenvalue weighted by atomic mass is 32.1. The molecule has 0 N–H and O–H groups in total. The molecular formula is C22H24N4OS. The van der Waals surface area contributed by atoms with Crippen LogP contribution < -0.4 is 0 Å². The maximum absolute atomic E-state index is 12.7. The zero-order valence-corrected chi connectivity index (χ0v) is 16.9. The fourth-order valence-corrected chi connectivity index (χ4v) is 4.73. The molecule has 1 aliphatic heterocycles. The van der Waals surface area contributed by atoms with Crippen molar-refractivity contribution in [1.82, 2.24) is 19.9 Å². The average molecular weight is 393 g/mol. The minimum atomic E-state index is -0.103. The molecule has 1 saturated heterocycles. The molecule has 0 atom stereocenters. The van der Waals surface area contributed by atoms with Gasteiger partial charge in [0.15, 0.2) is 0 Å². The fourth-order valence-electron chi connectivity index (χ4n) is 4.02. The highest BCUT2D eigenvalue weighted by molar-refractivity contribution is 7.09. The van der Waals surface area contributed by atoms with Crippen molar-refractivity contribution in [2.24, 2.45) is 0 Å². The lowest BCUT2D eigenvalue weighted by Crippen LogP contribution is -2.46. The van der Waals surface area contributed by atoms with E-state index in [1.54, 1.807) is 29.9 Å². The minimum absolute atomic E-state index is 0.103. The molecule has 1 amide bonds. The Hall–Kier alpha value is -2.60. The number of benzene rings is 1. The van der Waals surface area contributed by atoms with E-state index in [9.17, 15) is 4.79 Å². The summed E-state index contributed by atoms with van der Waals surface area (Å²) in [6.45, 7) is 3.56. The first kappa shape index (κ1) is 18.7. The van der Waals surface area contributed by atoms with Gasteiger partial charge in [0.1, 0.15) is 0 Å². The van der Waals surface area contributed by atoms with E-state index in [0.717, 1.165) is 42.3 Å². The first-order chi connectivity index (χ1) is 13.7. The summed E-state index contributed by atoms with van der Waals surface area (Å²) in [6, 6.07) is 10.6. The number of amides is 1. The lowest BCUT2D eigenvalue weighted by atomic mass is 9.70. The van der Waals surface area contributed by atoms with Crippen LogP contribution in [0.3, 0.4) is 0 Å². The topological polar surface area (TPSA) is 59.0 Å². The Bertz CT molecular complexity index is 918. The molecule has 6 heteroatoms. The molecule has 5 nitrogen and oxygen atoms in total. The third-order valence-electron chi connectivity index (χ3n) is 5.62. The Balaban J connectivity index is 1.47. The van der Waals surface area contributed by atoms with Gasteiger partial charge in [-0.25, -0.2) is 4.98 Å². The maximum atomic E-state index is 12.7. The van der Waals surface area contributed by atoms with Gasteiger partial charge in [0.05, 0.1) is 16.4 Å². The van der Waals surface area contributed by atoms with Gasteiger partial charge in [-0.15, -0.1) is 11.3 Å². The van der Waals surface area contributed by atoms with Crippen molar-refractivity contribution < 1.29 is 4.79 Å². The molecule has 1 aliphatic rings. The summed E-state index contributed by atoms with van der Waals surface area (Å²) in [7, 11) is 0. The van der Waals surface area contributed by atoms with Crippen molar-refractivity contribution in [2.75, 3.05) is 13.1 Å². The van der Waals surface area contributed by atoms with E-state index in [2.05, 4.69) is 52.6 Å². The number of piperidine rings is 1. The summed E-state index contributed by atoms with van der Waals surface area (Å²) >= 11 is 1.70. The molecular weight excluding hydrogens is 368 g/mol. The molecule has 0 unspecified atom stereocenters. The summed E-state index contributed by atoms with van der Waals surface area (Å²) < 4.78 is 0. The number of carbonyl (C=O) groups is 1. The van der Waals surface area contributed by atoms with E-state index in [1.807, 2.05) is 4.90 Å². The summed E-state index contributed by atoms with van der Waals surface area (Å²) in [6.07, 6.45) is 7.97. The van der Waals surface area contributed by atoms with Crippen LogP contribution in [0.5, 0.6) is 0 Å². The van der Waals surface area contributed by atoms with Crippen LogP contribution in [-0.2, 0) is 16.6 Å². The maximum Gasteiger partial charge on any atom is 0.222 e. The normalized spacial score (nSPS) is 16.1. The number of rotatable bonds is 5. The van der Waals surface area contributed by atoms with Gasteiger partial charge in [-0.3, -0.25) is 14.8 Å². The number of likely N-dealkylation sites (tertiary alicyclic amines) is 1. The van der Waals surface area contributed by atoms with Crippen LogP contribution in [0.25, 0.3) is 0 Å². The number of aryl methyl sites for hydroxylation is 2. The third-order valence-corrected chi connectivity index (χ3v) is 6.39. The Morgan fingerprint density at radius 3 is 2.61 bits per heavy atom. The summed E-state index contributed by atoms with van der Waals surface area (Å²) in [5.74, 6) is 0.196. The van der Waals surface area contributed by atoms with Gasteiger partial charge in [0, 0.05) is 48.9 Å². The zero-order chi connectivity index (χ0) is 19.4. The first-order valence-corrected chi connectivity index (χ1v) is 10.6. The summed E-state index contributed by atoms with van der Waals surface area (Å²) in [5, 5.41) is 3.28. The Morgan fingerprint density at radius 2 is 1.96 bits per heavy atom. The van der Waals surface area contributed by atoms with Crippen LogP contribution >= 0.6 is 11.3 Å². The quantitative estimate of drug-likeness (QED) is 0.663. The number of aromatic nitrogens is 3. The first-order valence-electron chi connectivity index (χ1n) is 9.68. The molecule has 0 aliphatic carbocycles. The molecule has 0 bridgehead atoms. The van der Waals surface area contributed by atoms with Crippen LogP contribution in [0.2, 0.25) is 0 Å². The minimum Gasteiger partial charge on any atom is -0.343 e. The summed E-state index contributed by atoms with van der Waals surface area (Å²) in [4.78, 5) is 27.9. The number of hydrogen-bond acceptors (Lipinski definition) is 5. The lowest BCUT2D eigenvalue weighted by molar-refractivity contribution is -0.132. The highest BCUT2D eigenvalue weighted by Gasteiger charge is 2.40. The molecule has 28 heavy (non-hydrogen) atoms. The molecule has 3 heterocycles. The predicted molar refractivity (Wildman–Crippen MR) is 110 cm³/mol. The van der Waals surface area contributed by atoms with Crippen LogP contribution in [0.15, 0.2) is 54.3 Å². The largest absolute Gasteiger partial charge is 0.343 e. The predicted octanol–water partition coefficient (Wildman–Crippen LogP) is 3.78. The number of thiazole rings is 1. The van der Waals surface area contributed by atoms with Gasteiger partial charge < -0.3 is 4.90 Å². The molecule has 1 aromatic carbocycles. The van der Waals surface area contributed by atoms with E-state index < -0.39 is 0 Å². The number of nitrogens with zero attached hydrogens (tertiary/aromatic N) is 4. The number of hydrogen-bond donors (Lipinski definition) is 0. The molecule has 4 rings (SSSR count). The van der Waals surface area contributed by atoms with E-state index in [4.69, 9.17) is 4.98 Å². The van der Waals surface area contributed by atoms with Crippen molar-refractivity contribution in [3.8, 4) is 0 Å². The van der Waals surface area contributed by atoms with Gasteiger partial charge in [0.2, 0.25) is 5.91 Å². The van der Waals surface area contributed by atoms with Crippen LogP contribution in [0, 0.1) is 6.92 Å². The average Bonchev–Trinajstić information content (AvgIpc) is 3.20. The van der Waals surface area contributed by atoms with Gasteiger partial charge in [0.25, 0.3) is 0 Å². The molecule has 0 saturated carbocycles. The molecule has 0 spiro atoms. The van der Waals surface area contributed by atoms with E-state index in [-0.39, 0.29) is 11.3 Å². The second kappa shape index (κ2) is 8.19. The van der Waals surface area contributed by atoms with Crippen molar-refractivity contribution >= 4 is 17.2 Å². The standard InChI is InChI=1S/C22H24N4OS/c1-17-25-20(16-28-17)22(18-5-3-2-4-6-18)9-13-26(14-10-22)21(27)8-7-19-15-23-11-12-24-19/h2-6,11-12,15-16H,7-10,13-14H2,1H3. The van der Waals surface area contributed by atoms with E-state index in [1.165, 1.54) is 5.56 Å². The fraction of sp³-hybridized carbons (Fsp3) is 0.364. The SMILES string of the molecule is Cc1nc(C2(c3ccccc3)CCN(C(=O)CCc3cnccn3)CC2)cs1. The van der Waals surface area contributed by atoms with E-state index in [0.29, 0.717) is 12.8 Å². The van der Waals surface area contributed by atoms with Crippen LogP contribution in [0.1, 0.15) is 41.2 Å². The molecule has 1 fully saturated rings. The third kappa shape index (κ3) is 3.83. The Kier molecular flexibility index (Phi) is 5.48. The molecule has 144 valence electrons. The van der Waals surface area contributed by atoms with Crippen molar-refractivity contribution in [3.63, 3.8) is 0 Å². The second-order valence-corrected chi connectivity index (χ2v) is 8.34. The monoisotopic (exact) mass is 392 g/mol. The Morgan fingerprint density at radius 1 is 1.18 bits per heavy atom. The van der Waals surface area contributed by atoms with Gasteiger partial charge in [-0.1, -0.05) is 30.3 Å². The highest BCUT2D eigenvalue weighted by Crippen LogP contribution is 2.42. The van der Waals surface area contributed by atoms with Crippen molar-refractivity contribution in [3.05, 3.63) is 76.3 Å². The molecule has 0 radical (unpaired) electrons. The van der Waals surface area contributed by atoms with Crippen molar-refractivity contribution in [1.29, 1.82) is 0 Å². The second-order valence-electron chi connectivity index (χ2n) is 7.28. The van der Waals surface area contributed by atoms with Gasteiger partial charge in [-0.2, -0.15) is 0 Å². The van der Waals surface area contributed by atoms with Gasteiger partial charge >= 0.3 is 0 Å². The molecule has 3 aromatic rings. The van der Waals surface area contributed by atoms with Gasteiger partial charge in [-0.05, 0) is 31.7 Å². The molecule has 2 aromatic heterocycles. The number of carbonyl (C=O) groups excluding carboxylic acids is 1. The van der Waals surface area contributed by atoms with Crippen LogP contribution in [-0.4, -0.2) is 38.8 Å². The summed E-state index contributed by atoms with van der Waals surface area (Å²) in [5.41, 5.74) is 3.21. The van der Waals surface area contributed by atoms with Crippen molar-refractivity contribution in [2.45, 2.75) is 38.0 Å². The zero-order valence-electron chi connectivity index (χ0n) is 16.0. The smallest absolute Gasteiger partial charge is 0.222 e. The van der Waals surface area contributed by atoms with Crippen LogP contribution in [0.4, 0.5) is 0 Å². The lowest BCUT2D eigenvalue weighted by Gasteiger charge is -2.41.